The van der Waals surface area contributed by atoms with Gasteiger partial charge < -0.3 is 4.74 Å². The first-order valence-electron chi connectivity index (χ1n) is 7.12. The molecule has 0 spiro atoms. The Morgan fingerprint density at radius 2 is 1.59 bits per heavy atom. The molecule has 0 saturated heterocycles. The lowest BCUT2D eigenvalue weighted by atomic mass is 9.73. The first-order valence-corrected chi connectivity index (χ1v) is 7.12. The summed E-state index contributed by atoms with van der Waals surface area (Å²) in [4.78, 5) is 12.5. The van der Waals surface area contributed by atoms with E-state index in [-0.39, 0.29) is 18.5 Å². The second-order valence-electron chi connectivity index (χ2n) is 5.17. The zero-order valence-electron chi connectivity index (χ0n) is 12.0. The van der Waals surface area contributed by atoms with E-state index in [0.717, 1.165) is 22.3 Å². The molecule has 0 radical (unpaired) electrons. The van der Waals surface area contributed by atoms with E-state index in [1.165, 1.54) is 0 Å². The number of fused-ring (bicyclic) bond motifs is 2. The van der Waals surface area contributed by atoms with Crippen LogP contribution in [0.15, 0.2) is 61.2 Å². The fourth-order valence-electron chi connectivity index (χ4n) is 3.03. The van der Waals surface area contributed by atoms with Crippen molar-refractivity contribution in [1.29, 1.82) is 5.26 Å². The smallest absolute Gasteiger partial charge is 0.318 e. The van der Waals surface area contributed by atoms with Crippen LogP contribution in [-0.2, 0) is 9.53 Å². The van der Waals surface area contributed by atoms with Crippen molar-refractivity contribution in [3.8, 4) is 6.07 Å². The summed E-state index contributed by atoms with van der Waals surface area (Å²) < 4.78 is 5.27. The van der Waals surface area contributed by atoms with Gasteiger partial charge in [0.05, 0.1) is 12.0 Å². The fourth-order valence-corrected chi connectivity index (χ4v) is 3.03. The molecule has 0 heterocycles. The summed E-state index contributed by atoms with van der Waals surface area (Å²) in [7, 11) is 0. The largest absolute Gasteiger partial charge is 0.461 e. The maximum atomic E-state index is 12.5. The summed E-state index contributed by atoms with van der Waals surface area (Å²) in [5.41, 5.74) is 3.46. The van der Waals surface area contributed by atoms with Crippen LogP contribution in [0.1, 0.15) is 34.1 Å². The molecule has 3 rings (SSSR count). The number of hydrogen-bond acceptors (Lipinski definition) is 3. The van der Waals surface area contributed by atoms with Crippen molar-refractivity contribution >= 4 is 5.97 Å². The number of carbonyl (C=O) groups excluding carboxylic acids is 1. The van der Waals surface area contributed by atoms with Gasteiger partial charge >= 0.3 is 5.97 Å². The fraction of sp³-hybridized carbons (Fsp3) is 0.158. The highest BCUT2D eigenvalue weighted by Gasteiger charge is 2.36. The third-order valence-electron chi connectivity index (χ3n) is 3.94. The van der Waals surface area contributed by atoms with E-state index >= 15 is 0 Å². The van der Waals surface area contributed by atoms with Crippen LogP contribution in [0.4, 0.5) is 0 Å². The van der Waals surface area contributed by atoms with E-state index in [1.807, 2.05) is 48.5 Å². The van der Waals surface area contributed by atoms with Crippen LogP contribution in [0.2, 0.25) is 0 Å². The van der Waals surface area contributed by atoms with Crippen molar-refractivity contribution in [2.24, 2.45) is 0 Å². The van der Waals surface area contributed by atoms with Crippen molar-refractivity contribution in [2.75, 3.05) is 6.61 Å². The monoisotopic (exact) mass is 289 g/mol. The van der Waals surface area contributed by atoms with Crippen molar-refractivity contribution in [3.05, 3.63) is 83.4 Å². The Labute approximate surface area is 129 Å². The highest BCUT2D eigenvalue weighted by atomic mass is 16.5. The molecule has 0 amide bonds. The second kappa shape index (κ2) is 5.87. The molecule has 0 atom stereocenters. The van der Waals surface area contributed by atoms with E-state index in [0.29, 0.717) is 0 Å². The van der Waals surface area contributed by atoms with Crippen LogP contribution in [0.25, 0.3) is 0 Å². The van der Waals surface area contributed by atoms with E-state index < -0.39 is 5.92 Å². The molecule has 0 unspecified atom stereocenters. The summed E-state index contributed by atoms with van der Waals surface area (Å²) >= 11 is 0. The molecule has 0 aliphatic heterocycles. The molecule has 0 aromatic heterocycles. The molecule has 2 aromatic rings. The third-order valence-corrected chi connectivity index (χ3v) is 3.94. The van der Waals surface area contributed by atoms with Gasteiger partial charge in [-0.2, -0.15) is 5.26 Å². The number of rotatable bonds is 3. The summed E-state index contributed by atoms with van der Waals surface area (Å²) in [6.07, 6.45) is 1.55. The molecular weight excluding hydrogens is 274 g/mol. The lowest BCUT2D eigenvalue weighted by Crippen LogP contribution is -2.25. The third kappa shape index (κ3) is 2.19. The van der Waals surface area contributed by atoms with Crippen molar-refractivity contribution < 1.29 is 9.53 Å². The molecule has 0 saturated carbocycles. The summed E-state index contributed by atoms with van der Waals surface area (Å²) in [6, 6.07) is 17.5. The minimum absolute atomic E-state index is 0.182. The molecule has 1 aliphatic carbocycles. The van der Waals surface area contributed by atoms with Crippen molar-refractivity contribution in [3.63, 3.8) is 0 Å². The Kier molecular flexibility index (Phi) is 3.76. The van der Waals surface area contributed by atoms with Crippen molar-refractivity contribution in [2.45, 2.75) is 11.8 Å². The number of benzene rings is 2. The van der Waals surface area contributed by atoms with Gasteiger partial charge in [0.25, 0.3) is 0 Å². The van der Waals surface area contributed by atoms with Crippen LogP contribution in [0.5, 0.6) is 0 Å². The summed E-state index contributed by atoms with van der Waals surface area (Å²) in [5.74, 6) is -1.15. The van der Waals surface area contributed by atoms with Crippen LogP contribution >= 0.6 is 0 Å². The number of esters is 1. The van der Waals surface area contributed by atoms with Gasteiger partial charge in [-0.1, -0.05) is 61.2 Å². The molecule has 3 heteroatoms. The van der Waals surface area contributed by atoms with E-state index in [9.17, 15) is 10.1 Å². The van der Waals surface area contributed by atoms with Crippen LogP contribution in [0.3, 0.4) is 0 Å². The van der Waals surface area contributed by atoms with E-state index in [2.05, 4.69) is 12.6 Å². The van der Waals surface area contributed by atoms with Gasteiger partial charge in [-0.05, 0) is 22.3 Å². The number of carbonyl (C=O) groups is 1. The average Bonchev–Trinajstić information content (AvgIpc) is 2.57. The Morgan fingerprint density at radius 3 is 2.05 bits per heavy atom. The molecule has 22 heavy (non-hydrogen) atoms. The highest BCUT2D eigenvalue weighted by Crippen LogP contribution is 2.43. The molecule has 2 aromatic carbocycles. The van der Waals surface area contributed by atoms with Crippen LogP contribution in [0, 0.1) is 11.3 Å². The van der Waals surface area contributed by atoms with E-state index in [4.69, 9.17) is 4.74 Å². The van der Waals surface area contributed by atoms with E-state index in [1.54, 1.807) is 6.08 Å². The first kappa shape index (κ1) is 14.1. The maximum Gasteiger partial charge on any atom is 0.318 e. The number of hydrogen-bond donors (Lipinski definition) is 0. The lowest BCUT2D eigenvalue weighted by molar-refractivity contribution is -0.143. The minimum atomic E-state index is -0.489. The van der Waals surface area contributed by atoms with Gasteiger partial charge in [0.1, 0.15) is 12.5 Å². The Hall–Kier alpha value is -2.86. The molecule has 0 fully saturated rings. The molecule has 0 N–H and O–H groups in total. The SMILES string of the molecule is C=CCOC(=O)C1c2ccccc2C(C#N)c2ccccc21. The maximum absolute atomic E-state index is 12.5. The topological polar surface area (TPSA) is 50.1 Å². The van der Waals surface area contributed by atoms with Crippen LogP contribution < -0.4 is 0 Å². The zero-order valence-corrected chi connectivity index (χ0v) is 12.0. The van der Waals surface area contributed by atoms with Crippen molar-refractivity contribution in [1.82, 2.24) is 0 Å². The van der Waals surface area contributed by atoms with Gasteiger partial charge in [0, 0.05) is 0 Å². The van der Waals surface area contributed by atoms with Gasteiger partial charge in [0.2, 0.25) is 0 Å². The summed E-state index contributed by atoms with van der Waals surface area (Å²) in [6.45, 7) is 3.75. The second-order valence-corrected chi connectivity index (χ2v) is 5.17. The van der Waals surface area contributed by atoms with Gasteiger partial charge in [-0.25, -0.2) is 0 Å². The molecule has 108 valence electrons. The number of ether oxygens (including phenoxy) is 1. The van der Waals surface area contributed by atoms with Gasteiger partial charge in [0.15, 0.2) is 0 Å². The predicted octanol–water partition coefficient (Wildman–Crippen LogP) is 3.52. The predicted molar refractivity (Wildman–Crippen MR) is 83.3 cm³/mol. The van der Waals surface area contributed by atoms with Crippen LogP contribution in [-0.4, -0.2) is 12.6 Å². The summed E-state index contributed by atoms with van der Waals surface area (Å²) in [5, 5.41) is 9.57. The zero-order chi connectivity index (χ0) is 15.5. The minimum Gasteiger partial charge on any atom is -0.461 e. The average molecular weight is 289 g/mol. The molecule has 3 nitrogen and oxygen atoms in total. The highest BCUT2D eigenvalue weighted by molar-refractivity contribution is 5.85. The first-order chi connectivity index (χ1) is 10.8. The number of nitrogens with zero attached hydrogens (tertiary/aromatic N) is 1. The lowest BCUT2D eigenvalue weighted by Gasteiger charge is -2.29. The normalized spacial score (nSPS) is 18.5. The molecule has 0 bridgehead atoms. The molecule has 1 aliphatic rings. The molecular formula is C19H15NO2. The van der Waals surface area contributed by atoms with Gasteiger partial charge in [-0.15, -0.1) is 0 Å². The standard InChI is InChI=1S/C19H15NO2/c1-2-11-22-19(21)18-15-9-5-3-7-13(15)17(12-20)14-8-4-6-10-16(14)18/h2-10,17-18H,1,11H2. The van der Waals surface area contributed by atoms with Gasteiger partial charge in [-0.3, -0.25) is 4.79 Å². The Morgan fingerprint density at radius 1 is 1.09 bits per heavy atom. The number of nitriles is 1. The Balaban J connectivity index is 2.17. The Bertz CT molecular complexity index is 725. The quantitative estimate of drug-likeness (QED) is 0.641.